The molecule has 1 aromatic heterocycles. The van der Waals surface area contributed by atoms with Gasteiger partial charge in [-0.1, -0.05) is 17.7 Å². The molecule has 0 aliphatic heterocycles. The Labute approximate surface area is 112 Å². The third kappa shape index (κ3) is 3.18. The van der Waals surface area contributed by atoms with Gasteiger partial charge in [-0.2, -0.15) is 4.31 Å². The van der Waals surface area contributed by atoms with Crippen LogP contribution in [0.1, 0.15) is 5.56 Å². The lowest BCUT2D eigenvalue weighted by Crippen LogP contribution is -2.30. The van der Waals surface area contributed by atoms with Gasteiger partial charge >= 0.3 is 0 Å². The summed E-state index contributed by atoms with van der Waals surface area (Å²) < 4.78 is 27.6. The second-order valence-corrected chi connectivity index (χ2v) is 6.38. The topological polar surface area (TPSA) is 68.1 Å². The largest absolute Gasteiger partial charge is 0.319 e. The number of sulfonamides is 1. The van der Waals surface area contributed by atoms with Crippen LogP contribution >= 0.6 is 0 Å². The molecule has 0 spiro atoms. The van der Waals surface area contributed by atoms with Gasteiger partial charge in [-0.15, -0.1) is 10.2 Å². The maximum Gasteiger partial charge on any atom is 0.242 e. The summed E-state index contributed by atoms with van der Waals surface area (Å²) in [6, 6.07) is 6.83. The first-order chi connectivity index (χ1) is 9.00. The van der Waals surface area contributed by atoms with Crippen LogP contribution in [0.2, 0.25) is 0 Å². The van der Waals surface area contributed by atoms with Crippen molar-refractivity contribution in [1.82, 2.24) is 19.1 Å². The molecule has 0 unspecified atom stereocenters. The highest BCUT2D eigenvalue weighted by Gasteiger charge is 2.20. The highest BCUT2D eigenvalue weighted by Crippen LogP contribution is 2.14. The minimum Gasteiger partial charge on any atom is -0.319 e. The zero-order valence-electron chi connectivity index (χ0n) is 10.9. The summed E-state index contributed by atoms with van der Waals surface area (Å²) in [5.41, 5.74) is 1.03. The summed E-state index contributed by atoms with van der Waals surface area (Å²) in [4.78, 5) is 0.310. The van der Waals surface area contributed by atoms with E-state index in [1.54, 1.807) is 48.5 Å². The first kappa shape index (κ1) is 13.7. The molecular formula is C12H16N4O2S. The van der Waals surface area contributed by atoms with E-state index in [9.17, 15) is 8.42 Å². The van der Waals surface area contributed by atoms with Gasteiger partial charge in [0.25, 0.3) is 0 Å². The van der Waals surface area contributed by atoms with Gasteiger partial charge in [-0.3, -0.25) is 0 Å². The Morgan fingerprint density at radius 2 is 1.74 bits per heavy atom. The molecule has 0 saturated heterocycles. The number of hydrogen-bond donors (Lipinski definition) is 0. The van der Waals surface area contributed by atoms with Crippen molar-refractivity contribution < 1.29 is 8.42 Å². The molecule has 1 heterocycles. The molecule has 0 amide bonds. The fourth-order valence-electron chi connectivity index (χ4n) is 1.60. The van der Waals surface area contributed by atoms with Crippen LogP contribution in [0.3, 0.4) is 0 Å². The summed E-state index contributed by atoms with van der Waals surface area (Å²) in [6.45, 7) is 2.81. The van der Waals surface area contributed by atoms with Crippen molar-refractivity contribution in [3.63, 3.8) is 0 Å². The van der Waals surface area contributed by atoms with Gasteiger partial charge in [-0.25, -0.2) is 8.42 Å². The number of rotatable bonds is 5. The Hall–Kier alpha value is -1.73. The normalized spacial score (nSPS) is 11.9. The number of likely N-dealkylation sites (N-methyl/N-ethyl adjacent to an activating group) is 1. The van der Waals surface area contributed by atoms with Gasteiger partial charge in [-0.05, 0) is 19.1 Å². The van der Waals surface area contributed by atoms with Crippen LogP contribution in [0.4, 0.5) is 0 Å². The Balaban J connectivity index is 2.08. The Morgan fingerprint density at radius 3 is 2.32 bits per heavy atom. The lowest BCUT2D eigenvalue weighted by molar-refractivity contribution is 0.445. The fraction of sp³-hybridized carbons (Fsp3) is 0.333. The van der Waals surface area contributed by atoms with Crippen LogP contribution in [0, 0.1) is 6.92 Å². The molecular weight excluding hydrogens is 264 g/mol. The van der Waals surface area contributed by atoms with E-state index >= 15 is 0 Å². The van der Waals surface area contributed by atoms with E-state index in [0.29, 0.717) is 18.0 Å². The van der Waals surface area contributed by atoms with Crippen LogP contribution in [-0.2, 0) is 16.6 Å². The van der Waals surface area contributed by atoms with Crippen LogP contribution in [0.5, 0.6) is 0 Å². The second kappa shape index (κ2) is 5.50. The molecule has 2 aromatic rings. The van der Waals surface area contributed by atoms with Gasteiger partial charge in [0.05, 0.1) is 4.90 Å². The second-order valence-electron chi connectivity index (χ2n) is 4.34. The van der Waals surface area contributed by atoms with E-state index in [1.165, 1.54) is 4.31 Å². The van der Waals surface area contributed by atoms with Crippen LogP contribution in [-0.4, -0.2) is 41.1 Å². The van der Waals surface area contributed by atoms with Crippen molar-refractivity contribution in [2.45, 2.75) is 18.4 Å². The minimum absolute atomic E-state index is 0.310. The monoisotopic (exact) mass is 280 g/mol. The molecule has 1 aromatic carbocycles. The molecule has 0 aliphatic rings. The first-order valence-electron chi connectivity index (χ1n) is 5.85. The average molecular weight is 280 g/mol. The summed E-state index contributed by atoms with van der Waals surface area (Å²) >= 11 is 0. The molecule has 19 heavy (non-hydrogen) atoms. The van der Waals surface area contributed by atoms with Crippen molar-refractivity contribution >= 4 is 10.0 Å². The number of benzene rings is 1. The van der Waals surface area contributed by atoms with Gasteiger partial charge in [0.1, 0.15) is 12.7 Å². The lowest BCUT2D eigenvalue weighted by atomic mass is 10.2. The quantitative estimate of drug-likeness (QED) is 0.816. The highest BCUT2D eigenvalue weighted by atomic mass is 32.2. The Bertz CT molecular complexity index is 620. The average Bonchev–Trinajstić information content (AvgIpc) is 2.89. The molecule has 0 fully saturated rings. The number of aryl methyl sites for hydroxylation is 1. The predicted octanol–water partition coefficient (Wildman–Crippen LogP) is 0.907. The van der Waals surface area contributed by atoms with Crippen LogP contribution in [0.25, 0.3) is 0 Å². The number of nitrogens with zero attached hydrogens (tertiary/aromatic N) is 4. The third-order valence-corrected chi connectivity index (χ3v) is 4.74. The van der Waals surface area contributed by atoms with Crippen molar-refractivity contribution in [3.8, 4) is 0 Å². The molecule has 7 heteroatoms. The molecule has 0 bridgehead atoms. The van der Waals surface area contributed by atoms with Crippen LogP contribution in [0.15, 0.2) is 41.8 Å². The molecule has 102 valence electrons. The van der Waals surface area contributed by atoms with Gasteiger partial charge in [0.2, 0.25) is 10.0 Å². The van der Waals surface area contributed by atoms with Crippen LogP contribution < -0.4 is 0 Å². The minimum atomic E-state index is -3.43. The van der Waals surface area contributed by atoms with Crippen molar-refractivity contribution in [3.05, 3.63) is 42.5 Å². The lowest BCUT2D eigenvalue weighted by Gasteiger charge is -2.17. The van der Waals surface area contributed by atoms with Gasteiger partial charge in [0, 0.05) is 20.1 Å². The van der Waals surface area contributed by atoms with E-state index in [1.807, 2.05) is 6.92 Å². The summed E-state index contributed by atoms with van der Waals surface area (Å²) in [5, 5.41) is 7.35. The van der Waals surface area contributed by atoms with E-state index < -0.39 is 10.0 Å². The molecule has 0 radical (unpaired) electrons. The molecule has 6 nitrogen and oxygen atoms in total. The Kier molecular flexibility index (Phi) is 3.96. The van der Waals surface area contributed by atoms with E-state index in [0.717, 1.165) is 5.56 Å². The third-order valence-electron chi connectivity index (χ3n) is 2.87. The highest BCUT2D eigenvalue weighted by molar-refractivity contribution is 7.89. The SMILES string of the molecule is Cc1ccc(S(=O)(=O)N(C)CCn2cnnc2)cc1. The van der Waals surface area contributed by atoms with E-state index in [-0.39, 0.29) is 0 Å². The summed E-state index contributed by atoms with van der Waals surface area (Å²) in [5.74, 6) is 0. The molecule has 0 aliphatic carbocycles. The van der Waals surface area contributed by atoms with Crippen molar-refractivity contribution in [1.29, 1.82) is 0 Å². The molecule has 0 atom stereocenters. The van der Waals surface area contributed by atoms with Gasteiger partial charge < -0.3 is 4.57 Å². The number of aromatic nitrogens is 3. The van der Waals surface area contributed by atoms with E-state index in [2.05, 4.69) is 10.2 Å². The zero-order valence-corrected chi connectivity index (χ0v) is 11.7. The molecule has 0 N–H and O–H groups in total. The maximum absolute atomic E-state index is 12.3. The first-order valence-corrected chi connectivity index (χ1v) is 7.29. The van der Waals surface area contributed by atoms with Gasteiger partial charge in [0.15, 0.2) is 0 Å². The standard InChI is InChI=1S/C12H16N4O2S/c1-11-3-5-12(6-4-11)19(17,18)15(2)7-8-16-9-13-14-10-16/h3-6,9-10H,7-8H2,1-2H3. The summed E-state index contributed by atoms with van der Waals surface area (Å²) in [6.07, 6.45) is 3.12. The zero-order chi connectivity index (χ0) is 13.9. The molecule has 2 rings (SSSR count). The number of hydrogen-bond acceptors (Lipinski definition) is 4. The molecule has 0 saturated carbocycles. The van der Waals surface area contributed by atoms with Crippen molar-refractivity contribution in [2.24, 2.45) is 0 Å². The van der Waals surface area contributed by atoms with E-state index in [4.69, 9.17) is 0 Å². The van der Waals surface area contributed by atoms with Crippen molar-refractivity contribution in [2.75, 3.05) is 13.6 Å². The Morgan fingerprint density at radius 1 is 1.16 bits per heavy atom. The summed E-state index contributed by atoms with van der Waals surface area (Å²) in [7, 11) is -1.86. The smallest absolute Gasteiger partial charge is 0.242 e. The fourth-order valence-corrected chi connectivity index (χ4v) is 2.77. The maximum atomic E-state index is 12.3. The predicted molar refractivity (Wildman–Crippen MR) is 71.0 cm³/mol.